The van der Waals surface area contributed by atoms with Crippen molar-refractivity contribution in [1.29, 1.82) is 0 Å². The van der Waals surface area contributed by atoms with Gasteiger partial charge in [-0.05, 0) is 56.9 Å². The number of carbonyl (C=O) groups excluding carboxylic acids is 5. The van der Waals surface area contributed by atoms with Crippen LogP contribution in [0.15, 0.2) is 30.3 Å². The van der Waals surface area contributed by atoms with E-state index in [2.05, 4.69) is 10.6 Å². The van der Waals surface area contributed by atoms with Gasteiger partial charge in [0.05, 0.1) is 12.5 Å². The summed E-state index contributed by atoms with van der Waals surface area (Å²) < 4.78 is 10.5. The second-order valence-corrected chi connectivity index (χ2v) is 11.8. The van der Waals surface area contributed by atoms with Crippen LogP contribution in [-0.2, 0) is 35.3 Å². The van der Waals surface area contributed by atoms with Gasteiger partial charge in [0.15, 0.2) is 0 Å². The number of benzene rings is 1. The van der Waals surface area contributed by atoms with Crippen LogP contribution in [0.5, 0.6) is 0 Å². The molecule has 4 amide bonds. The van der Waals surface area contributed by atoms with Gasteiger partial charge in [-0.15, -0.1) is 0 Å². The molecule has 2 atom stereocenters. The summed E-state index contributed by atoms with van der Waals surface area (Å²) in [5.74, 6) is -1.03. The van der Waals surface area contributed by atoms with Gasteiger partial charge in [-0.25, -0.2) is 9.59 Å². The Morgan fingerprint density at radius 1 is 0.909 bits per heavy atom. The van der Waals surface area contributed by atoms with Crippen LogP contribution < -0.4 is 10.6 Å². The Hall–Kier alpha value is -3.63. The quantitative estimate of drug-likeness (QED) is 0.227. The summed E-state index contributed by atoms with van der Waals surface area (Å²) in [5.41, 5.74) is 0.953. The van der Waals surface area contributed by atoms with Crippen LogP contribution in [0, 0.1) is 11.8 Å². The van der Waals surface area contributed by atoms with E-state index in [-0.39, 0.29) is 49.5 Å². The van der Waals surface area contributed by atoms with Crippen LogP contribution in [0.4, 0.5) is 4.79 Å². The minimum atomic E-state index is -0.952. The van der Waals surface area contributed by atoms with Crippen molar-refractivity contribution < 1.29 is 33.4 Å². The van der Waals surface area contributed by atoms with Gasteiger partial charge in [-0.1, -0.05) is 50.1 Å². The van der Waals surface area contributed by atoms with Crippen molar-refractivity contribution in [3.8, 4) is 0 Å². The normalized spacial score (nSPS) is 17.8. The maximum absolute atomic E-state index is 13.1. The van der Waals surface area contributed by atoms with E-state index >= 15 is 0 Å². The van der Waals surface area contributed by atoms with E-state index in [4.69, 9.17) is 9.47 Å². The first-order valence-electron chi connectivity index (χ1n) is 16.3. The molecule has 11 heteroatoms. The van der Waals surface area contributed by atoms with Crippen molar-refractivity contribution in [1.82, 2.24) is 20.4 Å². The zero-order valence-corrected chi connectivity index (χ0v) is 26.4. The average molecular weight is 615 g/mol. The fourth-order valence-electron chi connectivity index (χ4n) is 5.70. The number of likely N-dealkylation sites (tertiary alicyclic amines) is 2. The first-order chi connectivity index (χ1) is 21.3. The minimum Gasteiger partial charge on any atom is -0.464 e. The topological polar surface area (TPSA) is 134 Å². The number of hydrogen-bond acceptors (Lipinski definition) is 7. The van der Waals surface area contributed by atoms with Crippen LogP contribution in [0.25, 0.3) is 0 Å². The Morgan fingerprint density at radius 2 is 1.66 bits per heavy atom. The number of unbranched alkanes of at least 4 members (excludes halogenated alkanes) is 2. The van der Waals surface area contributed by atoms with E-state index < -0.39 is 12.0 Å². The van der Waals surface area contributed by atoms with E-state index in [0.29, 0.717) is 51.4 Å². The van der Waals surface area contributed by atoms with Crippen molar-refractivity contribution in [2.45, 2.75) is 90.7 Å². The minimum absolute atomic E-state index is 0.0379. The Morgan fingerprint density at radius 3 is 2.36 bits per heavy atom. The Labute approximate surface area is 261 Å². The summed E-state index contributed by atoms with van der Waals surface area (Å²) >= 11 is 0. The number of carbonyl (C=O) groups is 5. The first kappa shape index (κ1) is 34.9. The molecule has 3 rings (SSSR count). The van der Waals surface area contributed by atoms with Gasteiger partial charge in [0.2, 0.25) is 17.7 Å². The highest BCUT2D eigenvalue weighted by atomic mass is 16.6. The van der Waals surface area contributed by atoms with E-state index in [0.717, 1.165) is 50.5 Å². The zero-order valence-electron chi connectivity index (χ0n) is 26.4. The van der Waals surface area contributed by atoms with Crippen molar-refractivity contribution in [2.24, 2.45) is 11.8 Å². The zero-order chi connectivity index (χ0) is 31.7. The first-order valence-corrected chi connectivity index (χ1v) is 16.3. The van der Waals surface area contributed by atoms with Gasteiger partial charge in [-0.3, -0.25) is 14.4 Å². The lowest BCUT2D eigenvalue weighted by atomic mass is 9.91. The number of ether oxygens (including phenoxy) is 2. The molecule has 11 nitrogen and oxygen atoms in total. The third kappa shape index (κ3) is 11.8. The molecule has 2 saturated heterocycles. The molecule has 0 unspecified atom stereocenters. The molecular formula is C33H50N4O7. The highest BCUT2D eigenvalue weighted by Crippen LogP contribution is 2.24. The van der Waals surface area contributed by atoms with Crippen LogP contribution >= 0.6 is 0 Å². The molecule has 1 aromatic rings. The predicted molar refractivity (Wildman–Crippen MR) is 165 cm³/mol. The summed E-state index contributed by atoms with van der Waals surface area (Å²) in [6.45, 7) is 6.30. The van der Waals surface area contributed by atoms with E-state index in [1.807, 2.05) is 37.3 Å². The molecule has 0 saturated carbocycles. The summed E-state index contributed by atoms with van der Waals surface area (Å²) in [7, 11) is 0. The third-order valence-corrected chi connectivity index (χ3v) is 8.38. The highest BCUT2D eigenvalue weighted by Gasteiger charge is 2.31. The van der Waals surface area contributed by atoms with E-state index in [1.54, 1.807) is 16.7 Å². The monoisotopic (exact) mass is 614 g/mol. The molecule has 0 bridgehead atoms. The summed E-state index contributed by atoms with van der Waals surface area (Å²) in [6, 6.07) is 8.65. The summed E-state index contributed by atoms with van der Waals surface area (Å²) in [4.78, 5) is 66.7. The average Bonchev–Trinajstić information content (AvgIpc) is 3.05. The standard InChI is InChI=1S/C33H50N4O7/c1-3-5-7-14-29(38)35-28(32(41)43-4-2)22-34-31(40)27-13-10-19-37(23-27)30(39)16-15-25-17-20-36(21-18-25)33(42)44-24-26-11-8-6-9-12-26/h6,8-9,11-12,25,27-28H,3-5,7,10,13-24H2,1-2H3,(H,34,40)(H,35,38)/t27-,28+/m1/s1. The van der Waals surface area contributed by atoms with Crippen LogP contribution in [0.3, 0.4) is 0 Å². The largest absolute Gasteiger partial charge is 0.464 e. The molecule has 0 aromatic heterocycles. The van der Waals surface area contributed by atoms with Crippen LogP contribution in [0.2, 0.25) is 0 Å². The fraction of sp³-hybridized carbons (Fsp3) is 0.667. The van der Waals surface area contributed by atoms with Crippen molar-refractivity contribution in [2.75, 3.05) is 39.3 Å². The van der Waals surface area contributed by atoms with Gasteiger partial charge < -0.3 is 29.9 Å². The molecular weight excluding hydrogens is 564 g/mol. The molecule has 2 N–H and O–H groups in total. The van der Waals surface area contributed by atoms with Crippen LogP contribution in [0.1, 0.15) is 83.6 Å². The fourth-order valence-corrected chi connectivity index (χ4v) is 5.70. The molecule has 0 aliphatic carbocycles. The Balaban J connectivity index is 1.37. The molecule has 2 aliphatic rings. The SMILES string of the molecule is CCCCCC(=O)N[C@@H](CNC(=O)[C@@H]1CCCN(C(=O)CCC2CCN(C(=O)OCc3ccccc3)CC2)C1)C(=O)OCC. The summed E-state index contributed by atoms with van der Waals surface area (Å²) in [5, 5.41) is 5.50. The van der Waals surface area contributed by atoms with Gasteiger partial charge in [0.25, 0.3) is 0 Å². The maximum atomic E-state index is 13.1. The summed E-state index contributed by atoms with van der Waals surface area (Å²) in [6.07, 6.45) is 6.86. The Bertz CT molecular complexity index is 1080. The number of nitrogens with zero attached hydrogens (tertiary/aromatic N) is 2. The van der Waals surface area contributed by atoms with Crippen molar-refractivity contribution >= 4 is 29.8 Å². The van der Waals surface area contributed by atoms with E-state index in [9.17, 15) is 24.0 Å². The molecule has 1 aromatic carbocycles. The smallest absolute Gasteiger partial charge is 0.410 e. The lowest BCUT2D eigenvalue weighted by Gasteiger charge is -2.34. The molecule has 0 spiro atoms. The Kier molecular flexibility index (Phi) is 15.0. The molecule has 2 heterocycles. The number of nitrogens with one attached hydrogen (secondary N) is 2. The lowest BCUT2D eigenvalue weighted by Crippen LogP contribution is -2.51. The van der Waals surface area contributed by atoms with Crippen LogP contribution in [-0.4, -0.2) is 85.0 Å². The third-order valence-electron chi connectivity index (χ3n) is 8.38. The molecule has 2 aliphatic heterocycles. The maximum Gasteiger partial charge on any atom is 0.410 e. The number of amides is 4. The second-order valence-electron chi connectivity index (χ2n) is 11.8. The molecule has 244 valence electrons. The molecule has 2 fully saturated rings. The number of esters is 1. The number of rotatable bonds is 15. The van der Waals surface area contributed by atoms with Crippen molar-refractivity contribution in [3.05, 3.63) is 35.9 Å². The van der Waals surface area contributed by atoms with Gasteiger partial charge in [0.1, 0.15) is 12.6 Å². The molecule has 44 heavy (non-hydrogen) atoms. The number of piperidine rings is 2. The van der Waals surface area contributed by atoms with Gasteiger partial charge in [-0.2, -0.15) is 0 Å². The predicted octanol–water partition coefficient (Wildman–Crippen LogP) is 3.80. The number of hydrogen-bond donors (Lipinski definition) is 2. The van der Waals surface area contributed by atoms with Gasteiger partial charge >= 0.3 is 12.1 Å². The highest BCUT2D eigenvalue weighted by molar-refractivity contribution is 5.86. The van der Waals surface area contributed by atoms with E-state index in [1.165, 1.54) is 0 Å². The molecule has 0 radical (unpaired) electrons. The lowest BCUT2D eigenvalue weighted by molar-refractivity contribution is -0.147. The second kappa shape index (κ2) is 18.9. The van der Waals surface area contributed by atoms with Crippen molar-refractivity contribution in [3.63, 3.8) is 0 Å². The van der Waals surface area contributed by atoms with Gasteiger partial charge in [0, 0.05) is 45.6 Å².